The lowest BCUT2D eigenvalue weighted by Crippen LogP contribution is -2.62. The van der Waals surface area contributed by atoms with E-state index >= 15 is 0 Å². The molecule has 0 radical (unpaired) electrons. The lowest BCUT2D eigenvalue weighted by molar-refractivity contribution is -0.145. The summed E-state index contributed by atoms with van der Waals surface area (Å²) in [6, 6.07) is 8.00. The number of benzene rings is 1. The zero-order chi connectivity index (χ0) is 13.8. The fourth-order valence-electron chi connectivity index (χ4n) is 1.49. The Hall–Kier alpha value is -1.37. The van der Waals surface area contributed by atoms with Crippen LogP contribution in [0.25, 0.3) is 0 Å². The number of Topliss-reactive ketones (excluding diaryl/α,β-unsaturated/α-hetero) is 1. The van der Waals surface area contributed by atoms with E-state index in [-0.39, 0.29) is 11.3 Å². The summed E-state index contributed by atoms with van der Waals surface area (Å²) < 4.78 is 0. The molecule has 6 heteroatoms. The Labute approximate surface area is 109 Å². The third kappa shape index (κ3) is 2.90. The van der Waals surface area contributed by atoms with Gasteiger partial charge in [-0.2, -0.15) is 11.8 Å². The molecule has 0 aliphatic heterocycles. The van der Waals surface area contributed by atoms with Crippen LogP contribution in [0.5, 0.6) is 0 Å². The van der Waals surface area contributed by atoms with Gasteiger partial charge in [0.2, 0.25) is 0 Å². The van der Waals surface area contributed by atoms with Crippen LogP contribution in [0.2, 0.25) is 0 Å². The molecule has 0 aliphatic carbocycles. The van der Waals surface area contributed by atoms with Gasteiger partial charge in [-0.1, -0.05) is 30.3 Å². The summed E-state index contributed by atoms with van der Waals surface area (Å²) in [5.74, 6) is -2.13. The van der Waals surface area contributed by atoms with Crippen LogP contribution in [0.1, 0.15) is 10.4 Å². The maximum Gasteiger partial charge on any atom is 0.327 e. The number of thioether (sulfide) groups is 1. The fraction of sp³-hybridized carbons (Fsp3) is 0.333. The van der Waals surface area contributed by atoms with Gasteiger partial charge in [-0.05, 0) is 6.26 Å². The first kappa shape index (κ1) is 14.7. The Morgan fingerprint density at radius 3 is 2.39 bits per heavy atom. The Balaban J connectivity index is 3.01. The zero-order valence-corrected chi connectivity index (χ0v) is 10.7. The van der Waals surface area contributed by atoms with Crippen LogP contribution in [0.4, 0.5) is 0 Å². The van der Waals surface area contributed by atoms with Crippen molar-refractivity contribution in [2.24, 2.45) is 5.73 Å². The SMILES string of the molecule is CSCC(N)(C(=O)O)C(O)C(=O)c1ccccc1. The van der Waals surface area contributed by atoms with Crippen LogP contribution < -0.4 is 5.73 Å². The largest absolute Gasteiger partial charge is 0.480 e. The van der Waals surface area contributed by atoms with Crippen molar-refractivity contribution in [3.63, 3.8) is 0 Å². The number of carboxylic acids is 1. The van der Waals surface area contributed by atoms with Crippen LogP contribution in [-0.4, -0.2) is 45.6 Å². The minimum Gasteiger partial charge on any atom is -0.480 e. The van der Waals surface area contributed by atoms with E-state index in [2.05, 4.69) is 0 Å². The van der Waals surface area contributed by atoms with E-state index in [1.807, 2.05) is 0 Å². The first-order valence-corrected chi connectivity index (χ1v) is 6.61. The Bertz CT molecular complexity index is 437. The van der Waals surface area contributed by atoms with Gasteiger partial charge < -0.3 is 15.9 Å². The lowest BCUT2D eigenvalue weighted by atomic mass is 9.90. The molecule has 18 heavy (non-hydrogen) atoms. The van der Waals surface area contributed by atoms with Gasteiger partial charge in [-0.25, -0.2) is 0 Å². The number of carbonyl (C=O) groups is 2. The number of hydrogen-bond donors (Lipinski definition) is 3. The summed E-state index contributed by atoms with van der Waals surface area (Å²) in [6.07, 6.45) is -0.116. The van der Waals surface area contributed by atoms with Gasteiger partial charge in [-0.3, -0.25) is 9.59 Å². The summed E-state index contributed by atoms with van der Waals surface area (Å²) in [4.78, 5) is 23.1. The standard InChI is InChI=1S/C12H15NO4S/c1-18-7-12(13,11(16)17)10(15)9(14)8-5-3-2-4-6-8/h2-6,10,15H,7,13H2,1H3,(H,16,17). The molecule has 0 fully saturated rings. The van der Waals surface area contributed by atoms with Gasteiger partial charge in [0.15, 0.2) is 11.3 Å². The van der Waals surface area contributed by atoms with Gasteiger partial charge in [0.05, 0.1) is 0 Å². The van der Waals surface area contributed by atoms with Crippen LogP contribution in [-0.2, 0) is 4.79 Å². The van der Waals surface area contributed by atoms with Gasteiger partial charge in [0.1, 0.15) is 6.10 Å². The highest BCUT2D eigenvalue weighted by Crippen LogP contribution is 2.18. The predicted molar refractivity (Wildman–Crippen MR) is 69.7 cm³/mol. The molecule has 0 heterocycles. The first-order chi connectivity index (χ1) is 8.43. The summed E-state index contributed by atoms with van der Waals surface area (Å²) in [6.45, 7) is 0. The number of ketones is 1. The molecule has 0 aliphatic rings. The van der Waals surface area contributed by atoms with E-state index in [1.54, 1.807) is 24.5 Å². The van der Waals surface area contributed by atoms with Gasteiger partial charge in [-0.15, -0.1) is 0 Å². The molecule has 2 atom stereocenters. The molecule has 1 aromatic rings. The number of rotatable bonds is 6. The number of hydrogen-bond acceptors (Lipinski definition) is 5. The predicted octanol–water partition coefficient (Wildman–Crippen LogP) is 0.375. The number of carbonyl (C=O) groups excluding carboxylic acids is 1. The molecule has 0 saturated heterocycles. The summed E-state index contributed by atoms with van der Waals surface area (Å²) >= 11 is 1.16. The van der Waals surface area contributed by atoms with Crippen molar-refractivity contribution >= 4 is 23.5 Å². The Morgan fingerprint density at radius 2 is 1.94 bits per heavy atom. The molecule has 1 aromatic carbocycles. The van der Waals surface area contributed by atoms with Crippen molar-refractivity contribution in [1.29, 1.82) is 0 Å². The quantitative estimate of drug-likeness (QED) is 0.645. The van der Waals surface area contributed by atoms with Crippen molar-refractivity contribution < 1.29 is 19.8 Å². The van der Waals surface area contributed by atoms with Crippen molar-refractivity contribution in [2.75, 3.05) is 12.0 Å². The Kier molecular flexibility index (Phi) is 4.89. The number of aliphatic hydroxyl groups excluding tert-OH is 1. The third-order valence-corrected chi connectivity index (χ3v) is 3.34. The molecule has 4 N–H and O–H groups in total. The van der Waals surface area contributed by atoms with E-state index < -0.39 is 23.4 Å². The van der Waals surface area contributed by atoms with E-state index in [0.29, 0.717) is 0 Å². The second kappa shape index (κ2) is 5.99. The minimum absolute atomic E-state index is 0.0535. The number of carboxylic acid groups (broad SMARTS) is 1. The normalized spacial score (nSPS) is 15.7. The highest BCUT2D eigenvalue weighted by Gasteiger charge is 2.45. The molecule has 0 aromatic heterocycles. The molecule has 0 spiro atoms. The second-order valence-electron chi connectivity index (χ2n) is 3.91. The van der Waals surface area contributed by atoms with Crippen LogP contribution >= 0.6 is 11.8 Å². The van der Waals surface area contributed by atoms with E-state index in [9.17, 15) is 14.7 Å². The smallest absolute Gasteiger partial charge is 0.327 e. The highest BCUT2D eigenvalue weighted by atomic mass is 32.2. The Morgan fingerprint density at radius 1 is 1.39 bits per heavy atom. The number of aliphatic carboxylic acids is 1. The third-order valence-electron chi connectivity index (χ3n) is 2.58. The van der Waals surface area contributed by atoms with E-state index in [0.717, 1.165) is 11.8 Å². The monoisotopic (exact) mass is 269 g/mol. The molecule has 5 nitrogen and oxygen atoms in total. The average Bonchev–Trinajstić information content (AvgIpc) is 2.38. The lowest BCUT2D eigenvalue weighted by Gasteiger charge is -2.28. The van der Waals surface area contributed by atoms with Crippen LogP contribution in [0.15, 0.2) is 30.3 Å². The fourth-order valence-corrected chi connectivity index (χ4v) is 2.25. The second-order valence-corrected chi connectivity index (χ2v) is 4.78. The summed E-state index contributed by atoms with van der Waals surface area (Å²) in [5.41, 5.74) is 3.90. The maximum atomic E-state index is 12.0. The van der Waals surface area contributed by atoms with Crippen LogP contribution in [0, 0.1) is 0 Å². The van der Waals surface area contributed by atoms with Crippen molar-refractivity contribution in [2.45, 2.75) is 11.6 Å². The first-order valence-electron chi connectivity index (χ1n) is 5.22. The van der Waals surface area contributed by atoms with Gasteiger partial charge in [0, 0.05) is 11.3 Å². The molecule has 0 bridgehead atoms. The summed E-state index contributed by atoms with van der Waals surface area (Å²) in [5, 5.41) is 19.0. The maximum absolute atomic E-state index is 12.0. The van der Waals surface area contributed by atoms with Gasteiger partial charge >= 0.3 is 5.97 Å². The highest BCUT2D eigenvalue weighted by molar-refractivity contribution is 7.98. The molecule has 1 rings (SSSR count). The minimum atomic E-state index is -1.98. The van der Waals surface area contributed by atoms with E-state index in [4.69, 9.17) is 10.8 Å². The van der Waals surface area contributed by atoms with Crippen LogP contribution in [0.3, 0.4) is 0 Å². The zero-order valence-electron chi connectivity index (χ0n) is 9.87. The summed E-state index contributed by atoms with van der Waals surface area (Å²) in [7, 11) is 0. The molecule has 0 amide bonds. The average molecular weight is 269 g/mol. The van der Waals surface area contributed by atoms with E-state index in [1.165, 1.54) is 12.1 Å². The molecule has 2 unspecified atom stereocenters. The van der Waals surface area contributed by atoms with Crippen molar-refractivity contribution in [3.05, 3.63) is 35.9 Å². The molecule has 98 valence electrons. The van der Waals surface area contributed by atoms with Gasteiger partial charge in [0.25, 0.3) is 0 Å². The molecular formula is C12H15NO4S. The molecule has 0 saturated carbocycles. The number of aliphatic hydroxyl groups is 1. The van der Waals surface area contributed by atoms with Crippen molar-refractivity contribution in [1.82, 2.24) is 0 Å². The topological polar surface area (TPSA) is 101 Å². The van der Waals surface area contributed by atoms with Crippen molar-refractivity contribution in [3.8, 4) is 0 Å². The number of nitrogens with two attached hydrogens (primary N) is 1. The molecular weight excluding hydrogens is 254 g/mol.